The van der Waals surface area contributed by atoms with Gasteiger partial charge in [0.25, 0.3) is 5.91 Å². The molecule has 27 heavy (non-hydrogen) atoms. The molecular formula is C20H16FN3O3. The molecule has 3 amide bonds. The first-order valence-corrected chi connectivity index (χ1v) is 8.45. The van der Waals surface area contributed by atoms with E-state index in [1.807, 2.05) is 18.2 Å². The maximum Gasteiger partial charge on any atom is 0.332 e. The van der Waals surface area contributed by atoms with Crippen LogP contribution in [0, 0.1) is 5.82 Å². The Kier molecular flexibility index (Phi) is 4.19. The number of aromatic nitrogens is 1. The van der Waals surface area contributed by atoms with E-state index < -0.39 is 12.1 Å². The number of hydrogen-bond acceptors (Lipinski definition) is 4. The molecule has 0 spiro atoms. The van der Waals surface area contributed by atoms with Crippen LogP contribution < -0.4 is 4.90 Å². The lowest BCUT2D eigenvalue weighted by molar-refractivity contribution is -0.127. The van der Waals surface area contributed by atoms with Gasteiger partial charge in [-0.2, -0.15) is 0 Å². The van der Waals surface area contributed by atoms with Crippen LogP contribution in [0.15, 0.2) is 65.2 Å². The molecule has 1 fully saturated rings. The highest BCUT2D eigenvalue weighted by atomic mass is 19.1. The fraction of sp³-hybridized carbons (Fsp3) is 0.150. The van der Waals surface area contributed by atoms with E-state index in [0.717, 1.165) is 4.90 Å². The van der Waals surface area contributed by atoms with Gasteiger partial charge in [0.1, 0.15) is 18.4 Å². The Balaban J connectivity index is 1.55. The lowest BCUT2D eigenvalue weighted by Gasteiger charge is -2.18. The van der Waals surface area contributed by atoms with E-state index in [1.165, 1.54) is 23.2 Å². The quantitative estimate of drug-likeness (QED) is 0.659. The molecular weight excluding hydrogens is 349 g/mol. The van der Waals surface area contributed by atoms with Crippen LogP contribution >= 0.6 is 0 Å². The molecule has 0 aliphatic carbocycles. The Bertz CT molecular complexity index is 985. The van der Waals surface area contributed by atoms with E-state index >= 15 is 0 Å². The summed E-state index contributed by atoms with van der Waals surface area (Å²) in [6.45, 7) is 1.62. The van der Waals surface area contributed by atoms with Crippen LogP contribution in [0.25, 0.3) is 11.3 Å². The molecule has 1 aromatic heterocycles. The molecule has 1 aliphatic rings. The number of oxazole rings is 1. The summed E-state index contributed by atoms with van der Waals surface area (Å²) in [6, 6.07) is 13.8. The molecule has 7 heteroatoms. The van der Waals surface area contributed by atoms with Crippen molar-refractivity contribution in [2.24, 2.45) is 0 Å². The maximum absolute atomic E-state index is 13.0. The van der Waals surface area contributed by atoms with Crippen molar-refractivity contribution in [1.82, 2.24) is 9.88 Å². The van der Waals surface area contributed by atoms with Crippen molar-refractivity contribution in [2.45, 2.75) is 19.5 Å². The molecule has 1 aliphatic heterocycles. The second kappa shape index (κ2) is 6.68. The van der Waals surface area contributed by atoms with Crippen LogP contribution in [-0.4, -0.2) is 27.9 Å². The van der Waals surface area contributed by atoms with Gasteiger partial charge in [-0.25, -0.2) is 14.2 Å². The van der Waals surface area contributed by atoms with Gasteiger partial charge in [0.05, 0.1) is 6.20 Å². The topological polar surface area (TPSA) is 66.7 Å². The predicted octanol–water partition coefficient (Wildman–Crippen LogP) is 3.84. The first-order chi connectivity index (χ1) is 13.0. The van der Waals surface area contributed by atoms with E-state index in [-0.39, 0.29) is 24.2 Å². The second-order valence-corrected chi connectivity index (χ2v) is 6.21. The molecule has 1 atom stereocenters. The third-order valence-electron chi connectivity index (χ3n) is 4.46. The zero-order valence-electron chi connectivity index (χ0n) is 14.5. The summed E-state index contributed by atoms with van der Waals surface area (Å²) in [5, 5.41) is 0. The lowest BCUT2D eigenvalue weighted by atomic mass is 10.2. The maximum atomic E-state index is 13.0. The SMILES string of the molecule is CC1C(=O)N(Cc2ncc(-c3ccc(F)cc3)o2)C(=O)N1c1ccccc1. The summed E-state index contributed by atoms with van der Waals surface area (Å²) in [4.78, 5) is 32.1. The average molecular weight is 365 g/mol. The van der Waals surface area contributed by atoms with Crippen molar-refractivity contribution >= 4 is 17.6 Å². The number of amides is 3. The van der Waals surface area contributed by atoms with E-state index in [1.54, 1.807) is 31.2 Å². The zero-order chi connectivity index (χ0) is 19.0. The third-order valence-corrected chi connectivity index (χ3v) is 4.46. The van der Waals surface area contributed by atoms with Crippen molar-refractivity contribution in [3.8, 4) is 11.3 Å². The number of urea groups is 1. The number of imide groups is 1. The summed E-state index contributed by atoms with van der Waals surface area (Å²) in [5.74, 6) is 0.0160. The van der Waals surface area contributed by atoms with Crippen LogP contribution in [0.5, 0.6) is 0 Å². The van der Waals surface area contributed by atoms with Gasteiger partial charge in [-0.15, -0.1) is 0 Å². The van der Waals surface area contributed by atoms with Crippen molar-refractivity contribution in [1.29, 1.82) is 0 Å². The highest BCUT2D eigenvalue weighted by Gasteiger charge is 2.43. The molecule has 136 valence electrons. The summed E-state index contributed by atoms with van der Waals surface area (Å²) >= 11 is 0. The number of benzene rings is 2. The molecule has 2 aromatic carbocycles. The predicted molar refractivity (Wildman–Crippen MR) is 96.2 cm³/mol. The number of hydrogen-bond donors (Lipinski definition) is 0. The molecule has 2 heterocycles. The summed E-state index contributed by atoms with van der Waals surface area (Å²) < 4.78 is 18.7. The fourth-order valence-electron chi connectivity index (χ4n) is 3.06. The van der Waals surface area contributed by atoms with Crippen LogP contribution in [0.3, 0.4) is 0 Å². The summed E-state index contributed by atoms with van der Waals surface area (Å²) in [5.41, 5.74) is 1.32. The number of carbonyl (C=O) groups excluding carboxylic acids is 2. The van der Waals surface area contributed by atoms with E-state index in [4.69, 9.17) is 4.42 Å². The molecule has 0 N–H and O–H groups in total. The van der Waals surface area contributed by atoms with Gasteiger partial charge in [-0.3, -0.25) is 14.6 Å². The normalized spacial score (nSPS) is 17.0. The summed E-state index contributed by atoms with van der Waals surface area (Å²) in [6.07, 6.45) is 1.49. The minimum absolute atomic E-state index is 0.0630. The number of anilines is 1. The number of halogens is 1. The third kappa shape index (κ3) is 3.08. The average Bonchev–Trinajstić information content (AvgIpc) is 3.22. The Hall–Kier alpha value is -3.48. The molecule has 3 aromatic rings. The smallest absolute Gasteiger partial charge is 0.332 e. The van der Waals surface area contributed by atoms with Crippen LogP contribution in [-0.2, 0) is 11.3 Å². The monoisotopic (exact) mass is 365 g/mol. The fourth-order valence-corrected chi connectivity index (χ4v) is 3.06. The van der Waals surface area contributed by atoms with Crippen LogP contribution in [0.1, 0.15) is 12.8 Å². The first kappa shape index (κ1) is 17.0. The Morgan fingerprint density at radius 1 is 1.07 bits per heavy atom. The van der Waals surface area contributed by atoms with Crippen molar-refractivity contribution in [3.05, 3.63) is 72.5 Å². The Morgan fingerprint density at radius 3 is 2.48 bits per heavy atom. The van der Waals surface area contributed by atoms with Crippen molar-refractivity contribution < 1.29 is 18.4 Å². The summed E-state index contributed by atoms with van der Waals surface area (Å²) in [7, 11) is 0. The molecule has 1 unspecified atom stereocenters. The number of rotatable bonds is 4. The van der Waals surface area contributed by atoms with E-state index in [0.29, 0.717) is 17.0 Å². The highest BCUT2D eigenvalue weighted by Crippen LogP contribution is 2.27. The number of carbonyl (C=O) groups is 2. The second-order valence-electron chi connectivity index (χ2n) is 6.21. The van der Waals surface area contributed by atoms with Crippen LogP contribution in [0.4, 0.5) is 14.9 Å². The lowest BCUT2D eigenvalue weighted by Crippen LogP contribution is -2.33. The number of nitrogens with zero attached hydrogens (tertiary/aromatic N) is 3. The standard InChI is InChI=1S/C20H16FN3O3/c1-13-19(25)23(20(26)24(13)16-5-3-2-4-6-16)12-18-22-11-17(27-18)14-7-9-15(21)10-8-14/h2-11,13H,12H2,1H3. The Morgan fingerprint density at radius 2 is 1.78 bits per heavy atom. The minimum Gasteiger partial charge on any atom is -0.439 e. The first-order valence-electron chi connectivity index (χ1n) is 8.45. The van der Waals surface area contributed by atoms with Gasteiger partial charge >= 0.3 is 6.03 Å². The molecule has 0 bridgehead atoms. The minimum atomic E-state index is -0.605. The van der Waals surface area contributed by atoms with Gasteiger partial charge in [-0.05, 0) is 43.3 Å². The number of para-hydroxylation sites is 1. The van der Waals surface area contributed by atoms with Gasteiger partial charge in [0.2, 0.25) is 5.89 Å². The zero-order valence-corrected chi connectivity index (χ0v) is 14.5. The molecule has 1 saturated heterocycles. The highest BCUT2D eigenvalue weighted by molar-refractivity contribution is 6.13. The van der Waals surface area contributed by atoms with Crippen LogP contribution in [0.2, 0.25) is 0 Å². The molecule has 6 nitrogen and oxygen atoms in total. The molecule has 0 saturated carbocycles. The van der Waals surface area contributed by atoms with E-state index in [9.17, 15) is 14.0 Å². The van der Waals surface area contributed by atoms with Crippen molar-refractivity contribution in [3.63, 3.8) is 0 Å². The largest absolute Gasteiger partial charge is 0.439 e. The van der Waals surface area contributed by atoms with Gasteiger partial charge < -0.3 is 4.42 Å². The van der Waals surface area contributed by atoms with Gasteiger partial charge in [0.15, 0.2) is 5.76 Å². The van der Waals surface area contributed by atoms with E-state index in [2.05, 4.69) is 4.98 Å². The van der Waals surface area contributed by atoms with Gasteiger partial charge in [-0.1, -0.05) is 18.2 Å². The molecule has 0 radical (unpaired) electrons. The Labute approximate surface area is 154 Å². The van der Waals surface area contributed by atoms with Crippen molar-refractivity contribution in [2.75, 3.05) is 4.90 Å². The molecule has 4 rings (SSSR count). The van der Waals surface area contributed by atoms with Gasteiger partial charge in [0, 0.05) is 11.3 Å².